The summed E-state index contributed by atoms with van der Waals surface area (Å²) in [6.45, 7) is 0.980. The van der Waals surface area contributed by atoms with Crippen molar-refractivity contribution in [3.8, 4) is 0 Å². The Labute approximate surface area is 175 Å². The summed E-state index contributed by atoms with van der Waals surface area (Å²) in [7, 11) is 0. The lowest BCUT2D eigenvalue weighted by molar-refractivity contribution is -0.116. The molecule has 0 aliphatic rings. The van der Waals surface area contributed by atoms with Gasteiger partial charge in [0.25, 0.3) is 0 Å². The maximum atomic E-state index is 12.4. The van der Waals surface area contributed by atoms with Crippen LogP contribution in [0.25, 0.3) is 11.1 Å². The third-order valence-corrected chi connectivity index (χ3v) is 5.12. The lowest BCUT2D eigenvalue weighted by atomic mass is 10.2. The zero-order valence-electron chi connectivity index (χ0n) is 15.5. The van der Waals surface area contributed by atoms with Gasteiger partial charge in [0, 0.05) is 23.5 Å². The number of aryl methyl sites for hydroxylation is 1. The number of carbonyl (C=O) groups is 1. The van der Waals surface area contributed by atoms with Crippen molar-refractivity contribution in [3.05, 3.63) is 81.4 Å². The molecule has 2 aromatic carbocycles. The Bertz CT molecular complexity index is 1190. The molecule has 2 heterocycles. The van der Waals surface area contributed by atoms with E-state index in [1.54, 1.807) is 27.6 Å². The summed E-state index contributed by atoms with van der Waals surface area (Å²) in [5.74, 6) is 0.117. The van der Waals surface area contributed by atoms with E-state index in [-0.39, 0.29) is 12.3 Å². The zero-order valence-corrected chi connectivity index (χ0v) is 17.1. The SMILES string of the molecule is O=C(CCCn1c(=O)oc2ccccc21)Nc1ccnn1Cc1ccc(Br)cc1. The number of amides is 1. The lowest BCUT2D eigenvalue weighted by Crippen LogP contribution is -2.18. The number of carbonyl (C=O) groups excluding carboxylic acids is 1. The maximum absolute atomic E-state index is 12.4. The molecular weight excluding hydrogens is 436 g/mol. The molecule has 2 aromatic heterocycles. The average Bonchev–Trinajstić information content (AvgIpc) is 3.27. The highest BCUT2D eigenvalue weighted by Gasteiger charge is 2.11. The van der Waals surface area contributed by atoms with Gasteiger partial charge < -0.3 is 9.73 Å². The topological polar surface area (TPSA) is 82.1 Å². The lowest BCUT2D eigenvalue weighted by Gasteiger charge is -2.09. The molecule has 148 valence electrons. The predicted octanol–water partition coefficient (Wildman–Crippen LogP) is 4.02. The van der Waals surface area contributed by atoms with Crippen LogP contribution in [0.15, 0.2) is 74.5 Å². The van der Waals surface area contributed by atoms with Crippen LogP contribution in [0, 0.1) is 0 Å². The second kappa shape index (κ2) is 8.48. The van der Waals surface area contributed by atoms with E-state index in [9.17, 15) is 9.59 Å². The first-order valence-electron chi connectivity index (χ1n) is 9.24. The van der Waals surface area contributed by atoms with Gasteiger partial charge in [-0.25, -0.2) is 9.48 Å². The molecule has 4 aromatic rings. The number of rotatable bonds is 7. The Hall–Kier alpha value is -3.13. The van der Waals surface area contributed by atoms with E-state index in [0.29, 0.717) is 30.9 Å². The molecule has 8 heteroatoms. The summed E-state index contributed by atoms with van der Waals surface area (Å²) >= 11 is 3.42. The van der Waals surface area contributed by atoms with Crippen molar-refractivity contribution in [1.29, 1.82) is 0 Å². The van der Waals surface area contributed by atoms with Gasteiger partial charge in [-0.1, -0.05) is 40.2 Å². The third-order valence-electron chi connectivity index (χ3n) is 4.59. The minimum atomic E-state index is -0.404. The zero-order chi connectivity index (χ0) is 20.2. The van der Waals surface area contributed by atoms with Crippen molar-refractivity contribution < 1.29 is 9.21 Å². The molecule has 0 saturated carbocycles. The molecule has 1 N–H and O–H groups in total. The molecule has 0 aliphatic carbocycles. The highest BCUT2D eigenvalue weighted by atomic mass is 79.9. The van der Waals surface area contributed by atoms with Gasteiger partial charge in [-0.2, -0.15) is 5.10 Å². The smallest absolute Gasteiger partial charge is 0.408 e. The first-order chi connectivity index (χ1) is 14.1. The third kappa shape index (κ3) is 4.48. The quantitative estimate of drug-likeness (QED) is 0.457. The molecule has 7 nitrogen and oxygen atoms in total. The Balaban J connectivity index is 1.34. The minimum Gasteiger partial charge on any atom is -0.408 e. The van der Waals surface area contributed by atoms with Crippen molar-refractivity contribution in [2.45, 2.75) is 25.9 Å². The number of aromatic nitrogens is 3. The Morgan fingerprint density at radius 2 is 1.90 bits per heavy atom. The Morgan fingerprint density at radius 1 is 1.10 bits per heavy atom. The number of nitrogens with zero attached hydrogens (tertiary/aromatic N) is 3. The van der Waals surface area contributed by atoms with Crippen molar-refractivity contribution in [3.63, 3.8) is 0 Å². The minimum absolute atomic E-state index is 0.122. The Morgan fingerprint density at radius 3 is 2.72 bits per heavy atom. The molecule has 0 aliphatic heterocycles. The van der Waals surface area contributed by atoms with E-state index in [4.69, 9.17) is 4.42 Å². The van der Waals surface area contributed by atoms with Crippen LogP contribution in [-0.4, -0.2) is 20.3 Å². The van der Waals surface area contributed by atoms with Crippen LogP contribution in [0.5, 0.6) is 0 Å². The van der Waals surface area contributed by atoms with Crippen molar-refractivity contribution >= 4 is 38.8 Å². The molecule has 0 radical (unpaired) electrons. The summed E-state index contributed by atoms with van der Waals surface area (Å²) in [6, 6.07) is 17.0. The van der Waals surface area contributed by atoms with Gasteiger partial charge in [0.15, 0.2) is 5.58 Å². The summed E-state index contributed by atoms with van der Waals surface area (Å²) in [5.41, 5.74) is 2.38. The fourth-order valence-corrected chi connectivity index (χ4v) is 3.42. The molecule has 0 unspecified atom stereocenters. The van der Waals surface area contributed by atoms with Crippen molar-refractivity contribution in [2.24, 2.45) is 0 Å². The summed E-state index contributed by atoms with van der Waals surface area (Å²) < 4.78 is 9.53. The first-order valence-corrected chi connectivity index (χ1v) is 10.0. The van der Waals surface area contributed by atoms with Crippen LogP contribution in [-0.2, 0) is 17.9 Å². The molecule has 0 fully saturated rings. The highest BCUT2D eigenvalue weighted by molar-refractivity contribution is 9.10. The normalized spacial score (nSPS) is 11.1. The van der Waals surface area contributed by atoms with Crippen LogP contribution in [0.3, 0.4) is 0 Å². The number of anilines is 1. The van der Waals surface area contributed by atoms with Gasteiger partial charge in [0.1, 0.15) is 5.82 Å². The maximum Gasteiger partial charge on any atom is 0.419 e. The molecule has 0 spiro atoms. The average molecular weight is 455 g/mol. The highest BCUT2D eigenvalue weighted by Crippen LogP contribution is 2.15. The number of halogens is 1. The predicted molar refractivity (Wildman–Crippen MR) is 114 cm³/mol. The fraction of sp³-hybridized carbons (Fsp3) is 0.190. The molecule has 29 heavy (non-hydrogen) atoms. The Kier molecular flexibility index (Phi) is 5.62. The van der Waals surface area contributed by atoms with E-state index in [2.05, 4.69) is 26.3 Å². The number of para-hydroxylation sites is 2. The molecular formula is C21H19BrN4O3. The van der Waals surface area contributed by atoms with Gasteiger partial charge in [-0.15, -0.1) is 0 Å². The first kappa shape index (κ1) is 19.2. The second-order valence-electron chi connectivity index (χ2n) is 6.64. The van der Waals surface area contributed by atoms with Gasteiger partial charge in [0.05, 0.1) is 18.3 Å². The summed E-state index contributed by atoms with van der Waals surface area (Å²) in [4.78, 5) is 24.4. The summed E-state index contributed by atoms with van der Waals surface area (Å²) in [5, 5.41) is 7.18. The number of fused-ring (bicyclic) bond motifs is 1. The number of hydrogen-bond acceptors (Lipinski definition) is 4. The van der Waals surface area contributed by atoms with E-state index < -0.39 is 5.76 Å². The van der Waals surface area contributed by atoms with E-state index in [1.165, 1.54) is 0 Å². The molecule has 0 atom stereocenters. The molecule has 0 saturated heterocycles. The fourth-order valence-electron chi connectivity index (χ4n) is 3.16. The number of benzene rings is 2. The van der Waals surface area contributed by atoms with E-state index >= 15 is 0 Å². The second-order valence-corrected chi connectivity index (χ2v) is 7.56. The van der Waals surface area contributed by atoms with Crippen LogP contribution in [0.1, 0.15) is 18.4 Å². The number of oxazole rings is 1. The van der Waals surface area contributed by atoms with Gasteiger partial charge in [-0.3, -0.25) is 9.36 Å². The van der Waals surface area contributed by atoms with Gasteiger partial charge in [-0.05, 0) is 36.2 Å². The number of hydrogen-bond donors (Lipinski definition) is 1. The van der Waals surface area contributed by atoms with Gasteiger partial charge >= 0.3 is 5.76 Å². The standard InChI is InChI=1S/C21H19BrN4O3/c22-16-9-7-15(8-10-16)14-26-19(11-12-23-26)24-20(27)6-3-13-25-17-4-1-2-5-18(17)29-21(25)28/h1-2,4-5,7-12H,3,6,13-14H2,(H,24,27). The van der Waals surface area contributed by atoms with E-state index in [1.807, 2.05) is 42.5 Å². The van der Waals surface area contributed by atoms with Crippen LogP contribution in [0.2, 0.25) is 0 Å². The molecule has 1 amide bonds. The van der Waals surface area contributed by atoms with Crippen molar-refractivity contribution in [1.82, 2.24) is 14.3 Å². The summed E-state index contributed by atoms with van der Waals surface area (Å²) in [6.07, 6.45) is 2.47. The van der Waals surface area contributed by atoms with Crippen molar-refractivity contribution in [2.75, 3.05) is 5.32 Å². The number of nitrogens with one attached hydrogen (secondary N) is 1. The monoisotopic (exact) mass is 454 g/mol. The van der Waals surface area contributed by atoms with Crippen LogP contribution >= 0.6 is 15.9 Å². The van der Waals surface area contributed by atoms with Crippen LogP contribution in [0.4, 0.5) is 5.82 Å². The molecule has 4 rings (SSSR count). The molecule has 0 bridgehead atoms. The van der Waals surface area contributed by atoms with Gasteiger partial charge in [0.2, 0.25) is 5.91 Å². The largest absolute Gasteiger partial charge is 0.419 e. The van der Waals surface area contributed by atoms with E-state index in [0.717, 1.165) is 15.6 Å². The van der Waals surface area contributed by atoms with Crippen LogP contribution < -0.4 is 11.1 Å².